The van der Waals surface area contributed by atoms with Crippen LogP contribution in [0.15, 0.2) is 27.5 Å². The minimum absolute atomic E-state index is 0.0353. The third kappa shape index (κ3) is 2.22. The molecule has 0 unspecified atom stereocenters. The van der Waals surface area contributed by atoms with Crippen LogP contribution in [0.1, 0.15) is 23.7 Å². The van der Waals surface area contributed by atoms with Crippen molar-refractivity contribution < 1.29 is 0 Å². The van der Waals surface area contributed by atoms with E-state index in [-0.39, 0.29) is 5.56 Å². The number of hydrogen-bond donors (Lipinski definition) is 1. The zero-order valence-electron chi connectivity index (χ0n) is 10.2. The molecule has 0 aliphatic carbocycles. The first-order valence-electron chi connectivity index (χ1n) is 5.61. The van der Waals surface area contributed by atoms with Gasteiger partial charge in [0.15, 0.2) is 0 Å². The normalized spacial score (nSPS) is 10.8. The summed E-state index contributed by atoms with van der Waals surface area (Å²) < 4.78 is 2.21. The molecule has 0 aliphatic rings. The van der Waals surface area contributed by atoms with E-state index in [2.05, 4.69) is 27.1 Å². The fourth-order valence-corrected chi connectivity index (χ4v) is 2.50. The maximum absolute atomic E-state index is 12.1. The van der Waals surface area contributed by atoms with Crippen LogP contribution < -0.4 is 5.56 Å². The van der Waals surface area contributed by atoms with E-state index in [1.54, 1.807) is 4.68 Å². The molecule has 0 spiro atoms. The van der Waals surface area contributed by atoms with Crippen LogP contribution in [-0.2, 0) is 6.42 Å². The van der Waals surface area contributed by atoms with E-state index in [1.807, 2.05) is 32.9 Å². The summed E-state index contributed by atoms with van der Waals surface area (Å²) in [6.07, 6.45) is 0.799. The van der Waals surface area contributed by atoms with E-state index in [4.69, 9.17) is 0 Å². The molecule has 0 atom stereocenters. The second-order valence-corrected chi connectivity index (χ2v) is 5.04. The number of aromatic nitrogens is 2. The molecule has 2 rings (SSSR count). The van der Waals surface area contributed by atoms with Crippen LogP contribution in [0.5, 0.6) is 0 Å². The molecule has 1 aromatic heterocycles. The Morgan fingerprint density at radius 3 is 2.29 bits per heavy atom. The number of benzene rings is 1. The summed E-state index contributed by atoms with van der Waals surface area (Å²) >= 11 is 3.33. The highest BCUT2D eigenvalue weighted by molar-refractivity contribution is 9.10. The van der Waals surface area contributed by atoms with Gasteiger partial charge in [-0.1, -0.05) is 13.0 Å². The first-order chi connectivity index (χ1) is 8.02. The van der Waals surface area contributed by atoms with Crippen molar-refractivity contribution in [2.75, 3.05) is 0 Å². The van der Waals surface area contributed by atoms with Crippen molar-refractivity contribution in [1.82, 2.24) is 9.78 Å². The van der Waals surface area contributed by atoms with E-state index in [9.17, 15) is 4.79 Å². The molecule has 3 nitrogen and oxygen atoms in total. The number of aromatic amines is 1. The SMILES string of the molecule is CCc1[nH]n(-c2cc(C)cc(C)c2)c(=O)c1Br. The highest BCUT2D eigenvalue weighted by Gasteiger charge is 2.11. The summed E-state index contributed by atoms with van der Waals surface area (Å²) in [6, 6.07) is 6.08. The maximum atomic E-state index is 12.1. The summed E-state index contributed by atoms with van der Waals surface area (Å²) in [5.41, 5.74) is 4.07. The number of rotatable bonds is 2. The second kappa shape index (κ2) is 4.53. The molecule has 0 saturated carbocycles. The van der Waals surface area contributed by atoms with Crippen LogP contribution >= 0.6 is 15.9 Å². The Hall–Kier alpha value is -1.29. The van der Waals surface area contributed by atoms with Gasteiger partial charge in [-0.2, -0.15) is 0 Å². The predicted molar refractivity (Wildman–Crippen MR) is 72.9 cm³/mol. The largest absolute Gasteiger partial charge is 0.294 e. The summed E-state index contributed by atoms with van der Waals surface area (Å²) in [7, 11) is 0. The molecule has 17 heavy (non-hydrogen) atoms. The van der Waals surface area contributed by atoms with Gasteiger partial charge in [0.25, 0.3) is 5.56 Å². The van der Waals surface area contributed by atoms with Crippen LogP contribution in [0.4, 0.5) is 0 Å². The van der Waals surface area contributed by atoms with Gasteiger partial charge >= 0.3 is 0 Å². The van der Waals surface area contributed by atoms with Crippen LogP contribution in [0.2, 0.25) is 0 Å². The summed E-state index contributed by atoms with van der Waals surface area (Å²) in [5, 5.41) is 3.13. The molecule has 1 heterocycles. The average molecular weight is 295 g/mol. The number of nitrogens with one attached hydrogen (secondary N) is 1. The lowest BCUT2D eigenvalue weighted by Gasteiger charge is -2.05. The molecule has 0 aliphatic heterocycles. The van der Waals surface area contributed by atoms with E-state index in [0.29, 0.717) is 4.47 Å². The van der Waals surface area contributed by atoms with Crippen molar-refractivity contribution in [1.29, 1.82) is 0 Å². The Morgan fingerprint density at radius 2 is 1.82 bits per heavy atom. The van der Waals surface area contributed by atoms with E-state index >= 15 is 0 Å². The summed E-state index contributed by atoms with van der Waals surface area (Å²) in [5.74, 6) is 0. The first-order valence-corrected chi connectivity index (χ1v) is 6.40. The average Bonchev–Trinajstić information content (AvgIpc) is 2.54. The molecule has 0 fully saturated rings. The van der Waals surface area contributed by atoms with Gasteiger partial charge in [0.05, 0.1) is 11.4 Å². The molecule has 0 saturated heterocycles. The van der Waals surface area contributed by atoms with Crippen molar-refractivity contribution >= 4 is 15.9 Å². The Kier molecular flexibility index (Phi) is 3.24. The molecule has 0 amide bonds. The van der Waals surface area contributed by atoms with Crippen molar-refractivity contribution in [2.45, 2.75) is 27.2 Å². The molecular weight excluding hydrogens is 280 g/mol. The number of hydrogen-bond acceptors (Lipinski definition) is 1. The van der Waals surface area contributed by atoms with Crippen molar-refractivity contribution in [2.24, 2.45) is 0 Å². The number of nitrogens with zero attached hydrogens (tertiary/aromatic N) is 1. The minimum Gasteiger partial charge on any atom is -0.294 e. The smallest absolute Gasteiger partial charge is 0.285 e. The van der Waals surface area contributed by atoms with Crippen molar-refractivity contribution in [3.63, 3.8) is 0 Å². The zero-order chi connectivity index (χ0) is 12.6. The Morgan fingerprint density at radius 1 is 1.24 bits per heavy atom. The lowest BCUT2D eigenvalue weighted by Crippen LogP contribution is -2.14. The molecule has 4 heteroatoms. The van der Waals surface area contributed by atoms with Crippen LogP contribution in [0.25, 0.3) is 5.69 Å². The van der Waals surface area contributed by atoms with Gasteiger partial charge in [-0.15, -0.1) is 0 Å². The second-order valence-electron chi connectivity index (χ2n) is 4.24. The van der Waals surface area contributed by atoms with Crippen LogP contribution in [-0.4, -0.2) is 9.78 Å². The third-order valence-electron chi connectivity index (χ3n) is 2.72. The van der Waals surface area contributed by atoms with Gasteiger partial charge in [-0.25, -0.2) is 4.68 Å². The van der Waals surface area contributed by atoms with Gasteiger partial charge in [0, 0.05) is 0 Å². The Labute approximate surface area is 109 Å². The van der Waals surface area contributed by atoms with Crippen LogP contribution in [0, 0.1) is 13.8 Å². The lowest BCUT2D eigenvalue weighted by atomic mass is 10.1. The molecule has 1 N–H and O–H groups in total. The maximum Gasteiger partial charge on any atom is 0.285 e. The van der Waals surface area contributed by atoms with Gasteiger partial charge < -0.3 is 0 Å². The quantitative estimate of drug-likeness (QED) is 0.908. The van der Waals surface area contributed by atoms with Crippen molar-refractivity contribution in [3.8, 4) is 5.69 Å². The molecule has 2 aromatic rings. The van der Waals surface area contributed by atoms with Crippen LogP contribution in [0.3, 0.4) is 0 Å². The summed E-state index contributed by atoms with van der Waals surface area (Å²) in [6.45, 7) is 6.07. The molecule has 0 radical (unpaired) electrons. The van der Waals surface area contributed by atoms with Crippen molar-refractivity contribution in [3.05, 3.63) is 49.8 Å². The van der Waals surface area contributed by atoms with Gasteiger partial charge in [0.2, 0.25) is 0 Å². The topological polar surface area (TPSA) is 37.8 Å². The van der Waals surface area contributed by atoms with Gasteiger partial charge in [-0.3, -0.25) is 9.89 Å². The Bertz CT molecular complexity index is 590. The van der Waals surface area contributed by atoms with E-state index < -0.39 is 0 Å². The van der Waals surface area contributed by atoms with Gasteiger partial charge in [-0.05, 0) is 59.5 Å². The molecule has 90 valence electrons. The van der Waals surface area contributed by atoms with E-state index in [1.165, 1.54) is 0 Å². The molecular formula is C13H15BrN2O. The van der Waals surface area contributed by atoms with E-state index in [0.717, 1.165) is 28.9 Å². The molecule has 1 aromatic carbocycles. The van der Waals surface area contributed by atoms with Gasteiger partial charge in [0.1, 0.15) is 4.47 Å². The molecule has 0 bridgehead atoms. The fourth-order valence-electron chi connectivity index (χ4n) is 1.96. The number of aryl methyl sites for hydroxylation is 3. The first kappa shape index (κ1) is 12.2. The number of halogens is 1. The third-order valence-corrected chi connectivity index (χ3v) is 3.54. The summed E-state index contributed by atoms with van der Waals surface area (Å²) in [4.78, 5) is 12.1. The highest BCUT2D eigenvalue weighted by Crippen LogP contribution is 2.15. The number of H-pyrrole nitrogens is 1. The zero-order valence-corrected chi connectivity index (χ0v) is 11.8. The fraction of sp³-hybridized carbons (Fsp3) is 0.308. The predicted octanol–water partition coefficient (Wildman–Crippen LogP) is 3.11. The Balaban J connectivity index is 2.64. The standard InChI is InChI=1S/C13H15BrN2O/c1-4-11-12(14)13(17)16(15-11)10-6-8(2)5-9(3)7-10/h5-7,15H,4H2,1-3H3. The lowest BCUT2D eigenvalue weighted by molar-refractivity contribution is 0.817. The monoisotopic (exact) mass is 294 g/mol. The highest BCUT2D eigenvalue weighted by atomic mass is 79.9. The minimum atomic E-state index is -0.0353.